The molecule has 1 aromatic rings. The van der Waals surface area contributed by atoms with Crippen LogP contribution in [0.15, 0.2) is 18.3 Å². The van der Waals surface area contributed by atoms with Crippen molar-refractivity contribution in [2.24, 2.45) is 0 Å². The van der Waals surface area contributed by atoms with E-state index in [-0.39, 0.29) is 30.1 Å². The van der Waals surface area contributed by atoms with Crippen molar-refractivity contribution in [3.8, 4) is 5.88 Å². The Morgan fingerprint density at radius 3 is 3.07 bits per heavy atom. The largest absolute Gasteiger partial charge is 0.475 e. The molecule has 0 aliphatic carbocycles. The zero-order chi connectivity index (χ0) is 19.2. The van der Waals surface area contributed by atoms with Gasteiger partial charge >= 0.3 is 6.03 Å². The van der Waals surface area contributed by atoms with E-state index < -0.39 is 0 Å². The van der Waals surface area contributed by atoms with Gasteiger partial charge < -0.3 is 20.7 Å². The third kappa shape index (κ3) is 5.51. The number of nitrogens with zero attached hydrogens (tertiary/aromatic N) is 1. The Morgan fingerprint density at radius 2 is 2.26 bits per heavy atom. The molecule has 0 spiro atoms. The Hall–Kier alpha value is -1.96. The summed E-state index contributed by atoms with van der Waals surface area (Å²) in [4.78, 5) is 27.8. The van der Waals surface area contributed by atoms with Gasteiger partial charge in [-0.1, -0.05) is 12.5 Å². The molecule has 3 amide bonds. The lowest BCUT2D eigenvalue weighted by Crippen LogP contribution is -2.36. The molecule has 3 heterocycles. The number of pyridine rings is 1. The first-order valence-electron chi connectivity index (χ1n) is 9.59. The van der Waals surface area contributed by atoms with E-state index in [0.717, 1.165) is 30.6 Å². The average Bonchev–Trinajstić information content (AvgIpc) is 3.17. The van der Waals surface area contributed by atoms with Gasteiger partial charge in [0, 0.05) is 35.7 Å². The van der Waals surface area contributed by atoms with E-state index in [1.807, 2.05) is 37.7 Å². The number of carbonyl (C=O) groups is 2. The smallest absolute Gasteiger partial charge is 0.315 e. The maximum atomic E-state index is 12.1. The van der Waals surface area contributed by atoms with Gasteiger partial charge in [0.05, 0.1) is 18.2 Å². The van der Waals surface area contributed by atoms with Gasteiger partial charge in [-0.2, -0.15) is 11.8 Å². The highest BCUT2D eigenvalue weighted by Crippen LogP contribution is 2.33. The SMILES string of the molecule is CC(C)Oc1ncccc1CNC(=O)CCCC[C@@H]1SC[C@@H]2NC(=O)N[C@@H]21. The van der Waals surface area contributed by atoms with E-state index in [9.17, 15) is 9.59 Å². The zero-order valence-electron chi connectivity index (χ0n) is 15.9. The summed E-state index contributed by atoms with van der Waals surface area (Å²) in [5.74, 6) is 1.59. The molecule has 2 aliphatic heterocycles. The van der Waals surface area contributed by atoms with Crippen LogP contribution in [0.25, 0.3) is 0 Å². The molecule has 3 N–H and O–H groups in total. The highest BCUT2D eigenvalue weighted by molar-refractivity contribution is 8.00. The van der Waals surface area contributed by atoms with Crippen molar-refractivity contribution >= 4 is 23.7 Å². The third-order valence-corrected chi connectivity index (χ3v) is 6.26. The molecule has 3 atom stereocenters. The maximum Gasteiger partial charge on any atom is 0.315 e. The highest BCUT2D eigenvalue weighted by Gasteiger charge is 2.42. The summed E-state index contributed by atoms with van der Waals surface area (Å²) < 4.78 is 5.68. The minimum atomic E-state index is -0.0501. The van der Waals surface area contributed by atoms with Crippen LogP contribution in [0.5, 0.6) is 5.88 Å². The fourth-order valence-electron chi connectivity index (χ4n) is 3.44. The van der Waals surface area contributed by atoms with Crippen LogP contribution in [0.3, 0.4) is 0 Å². The number of rotatable bonds is 9. The third-order valence-electron chi connectivity index (χ3n) is 4.75. The molecule has 0 saturated carbocycles. The van der Waals surface area contributed by atoms with Crippen molar-refractivity contribution in [1.29, 1.82) is 0 Å². The monoisotopic (exact) mass is 392 g/mol. The topological polar surface area (TPSA) is 92.3 Å². The Morgan fingerprint density at radius 1 is 1.41 bits per heavy atom. The molecule has 0 aromatic carbocycles. The van der Waals surface area contributed by atoms with Crippen LogP contribution in [0.4, 0.5) is 4.79 Å². The summed E-state index contributed by atoms with van der Waals surface area (Å²) in [5, 5.41) is 9.36. The molecule has 148 valence electrons. The number of aromatic nitrogens is 1. The molecule has 0 radical (unpaired) electrons. The molecule has 2 aliphatic rings. The molecular weight excluding hydrogens is 364 g/mol. The summed E-state index contributed by atoms with van der Waals surface area (Å²) in [6, 6.07) is 4.21. The van der Waals surface area contributed by atoms with Crippen LogP contribution in [0, 0.1) is 0 Å². The van der Waals surface area contributed by atoms with E-state index >= 15 is 0 Å². The number of amides is 3. The van der Waals surface area contributed by atoms with Gasteiger partial charge in [-0.3, -0.25) is 4.79 Å². The fraction of sp³-hybridized carbons (Fsp3) is 0.632. The summed E-state index contributed by atoms with van der Waals surface area (Å²) in [7, 11) is 0. The standard InChI is InChI=1S/C19H28N4O3S/c1-12(2)26-18-13(6-5-9-20-18)10-21-16(24)8-4-3-7-15-17-14(11-27-15)22-19(25)23-17/h5-6,9,12,14-15,17H,3-4,7-8,10-11H2,1-2H3,(H,21,24)(H2,22,23,25)/t14-,15-,17-/m0/s1. The van der Waals surface area contributed by atoms with Crippen LogP contribution < -0.4 is 20.7 Å². The quantitative estimate of drug-likeness (QED) is 0.443. The number of hydrogen-bond donors (Lipinski definition) is 3. The fourth-order valence-corrected chi connectivity index (χ4v) is 4.99. The number of unbranched alkanes of at least 4 members (excludes halogenated alkanes) is 1. The minimum absolute atomic E-state index is 0.0436. The first kappa shape index (κ1) is 19.8. The number of thioether (sulfide) groups is 1. The van der Waals surface area contributed by atoms with E-state index in [1.165, 1.54) is 0 Å². The minimum Gasteiger partial charge on any atom is -0.475 e. The number of carbonyl (C=O) groups excluding carboxylic acids is 2. The Bertz CT molecular complexity index is 670. The number of hydrogen-bond acceptors (Lipinski definition) is 5. The van der Waals surface area contributed by atoms with E-state index in [4.69, 9.17) is 4.74 Å². The molecule has 8 heteroatoms. The molecule has 27 heavy (non-hydrogen) atoms. The van der Waals surface area contributed by atoms with Crippen molar-refractivity contribution in [2.75, 3.05) is 5.75 Å². The second-order valence-electron chi connectivity index (χ2n) is 7.28. The predicted octanol–water partition coefficient (Wildman–Crippen LogP) is 2.21. The van der Waals surface area contributed by atoms with Crippen LogP contribution in [-0.4, -0.2) is 46.1 Å². The number of ether oxygens (including phenoxy) is 1. The van der Waals surface area contributed by atoms with E-state index in [2.05, 4.69) is 20.9 Å². The summed E-state index contributed by atoms with van der Waals surface area (Å²) in [6.07, 6.45) is 5.11. The molecular formula is C19H28N4O3S. The lowest BCUT2D eigenvalue weighted by molar-refractivity contribution is -0.121. The summed E-state index contributed by atoms with van der Waals surface area (Å²) >= 11 is 1.91. The van der Waals surface area contributed by atoms with Crippen molar-refractivity contribution in [3.63, 3.8) is 0 Å². The zero-order valence-corrected chi connectivity index (χ0v) is 16.7. The first-order chi connectivity index (χ1) is 13.0. The maximum absolute atomic E-state index is 12.1. The molecule has 0 unspecified atom stereocenters. The van der Waals surface area contributed by atoms with Gasteiger partial charge in [-0.15, -0.1) is 0 Å². The van der Waals surface area contributed by atoms with Crippen molar-refractivity contribution < 1.29 is 14.3 Å². The highest BCUT2D eigenvalue weighted by atomic mass is 32.2. The first-order valence-corrected chi connectivity index (χ1v) is 10.6. The second kappa shape index (κ2) is 9.30. The Kier molecular flexibility index (Phi) is 6.82. The lowest BCUT2D eigenvalue weighted by atomic mass is 10.0. The van der Waals surface area contributed by atoms with E-state index in [1.54, 1.807) is 6.20 Å². The van der Waals surface area contributed by atoms with Crippen LogP contribution in [0.1, 0.15) is 45.1 Å². The Labute approximate surface area is 164 Å². The van der Waals surface area contributed by atoms with Gasteiger partial charge in [0.25, 0.3) is 0 Å². The molecule has 1 aromatic heterocycles. The van der Waals surface area contributed by atoms with Gasteiger partial charge in [0.15, 0.2) is 0 Å². The van der Waals surface area contributed by atoms with Crippen molar-refractivity contribution in [1.82, 2.24) is 20.9 Å². The van der Waals surface area contributed by atoms with Crippen LogP contribution in [-0.2, 0) is 11.3 Å². The molecule has 0 bridgehead atoms. The van der Waals surface area contributed by atoms with E-state index in [0.29, 0.717) is 24.1 Å². The second-order valence-corrected chi connectivity index (χ2v) is 8.55. The summed E-state index contributed by atoms with van der Waals surface area (Å²) in [5.41, 5.74) is 0.887. The van der Waals surface area contributed by atoms with Gasteiger partial charge in [-0.25, -0.2) is 9.78 Å². The summed E-state index contributed by atoms with van der Waals surface area (Å²) in [6.45, 7) is 4.33. The van der Waals surface area contributed by atoms with Gasteiger partial charge in [0.2, 0.25) is 11.8 Å². The Balaban J connectivity index is 1.34. The molecule has 7 nitrogen and oxygen atoms in total. The predicted molar refractivity (Wildman–Crippen MR) is 106 cm³/mol. The van der Waals surface area contributed by atoms with Gasteiger partial charge in [-0.05, 0) is 32.8 Å². The average molecular weight is 393 g/mol. The molecule has 3 rings (SSSR count). The van der Waals surface area contributed by atoms with Crippen LogP contribution >= 0.6 is 11.8 Å². The molecule has 2 fully saturated rings. The van der Waals surface area contributed by atoms with Crippen LogP contribution in [0.2, 0.25) is 0 Å². The van der Waals surface area contributed by atoms with Gasteiger partial charge in [0.1, 0.15) is 0 Å². The normalized spacial score (nSPS) is 23.7. The molecule has 2 saturated heterocycles. The van der Waals surface area contributed by atoms with Crippen molar-refractivity contribution in [3.05, 3.63) is 23.9 Å². The number of fused-ring (bicyclic) bond motifs is 1. The lowest BCUT2D eigenvalue weighted by Gasteiger charge is -2.16. The number of urea groups is 1. The number of nitrogens with one attached hydrogen (secondary N) is 3. The van der Waals surface area contributed by atoms with Crippen molar-refractivity contribution in [2.45, 2.75) is 69.5 Å².